The van der Waals surface area contributed by atoms with Crippen LogP contribution in [0.3, 0.4) is 0 Å². The molecule has 1 saturated carbocycles. The van der Waals surface area contributed by atoms with Crippen LogP contribution < -0.4 is 0 Å². The topological polar surface area (TPSA) is 50.1 Å². The molecule has 1 saturated heterocycles. The van der Waals surface area contributed by atoms with Gasteiger partial charge in [-0.1, -0.05) is 41.0 Å². The van der Waals surface area contributed by atoms with E-state index in [9.17, 15) is 4.79 Å². The monoisotopic (exact) mass is 321 g/mol. The van der Waals surface area contributed by atoms with Gasteiger partial charge in [-0.25, -0.2) is 0 Å². The highest BCUT2D eigenvalue weighted by Crippen LogP contribution is 2.55. The van der Waals surface area contributed by atoms with Crippen molar-refractivity contribution in [1.82, 2.24) is 0 Å². The van der Waals surface area contributed by atoms with E-state index in [2.05, 4.69) is 33.8 Å². The third kappa shape index (κ3) is 3.90. The molecule has 2 rings (SSSR count). The van der Waals surface area contributed by atoms with Gasteiger partial charge in [0.2, 0.25) is 0 Å². The molecule has 2 aliphatic rings. The minimum absolute atomic E-state index is 0.00689. The molecule has 0 amide bonds. The maximum Gasteiger partial charge on any atom is 0.312 e. The molecule has 0 radical (unpaired) electrons. The molecule has 3 heteroatoms. The largest absolute Gasteiger partial charge is 0.458 e. The predicted octanol–water partition coefficient (Wildman–Crippen LogP) is 5.49. The molecular weight excluding hydrogens is 286 g/mol. The lowest BCUT2D eigenvalue weighted by atomic mass is 9.63. The van der Waals surface area contributed by atoms with Crippen LogP contribution in [0.1, 0.15) is 86.5 Å². The van der Waals surface area contributed by atoms with Crippen molar-refractivity contribution in [1.29, 1.82) is 5.26 Å². The quantitative estimate of drug-likeness (QED) is 0.643. The van der Waals surface area contributed by atoms with E-state index in [0.717, 1.165) is 32.1 Å². The first-order valence-corrected chi connectivity index (χ1v) is 9.46. The maximum atomic E-state index is 12.6. The molecule has 0 aromatic rings. The second kappa shape index (κ2) is 8.18. The summed E-state index contributed by atoms with van der Waals surface area (Å²) in [5.74, 6) is 1.16. The molecule has 1 heterocycles. The van der Waals surface area contributed by atoms with E-state index in [4.69, 9.17) is 10.00 Å². The Morgan fingerprint density at radius 3 is 2.52 bits per heavy atom. The van der Waals surface area contributed by atoms with Gasteiger partial charge in [0.15, 0.2) is 0 Å². The smallest absolute Gasteiger partial charge is 0.312 e. The molecule has 4 atom stereocenters. The first-order chi connectivity index (χ1) is 10.9. The van der Waals surface area contributed by atoms with Gasteiger partial charge in [-0.2, -0.15) is 5.26 Å². The number of esters is 1. The second-order valence-corrected chi connectivity index (χ2v) is 7.72. The minimum atomic E-state index is -0.365. The lowest BCUT2D eigenvalue weighted by molar-refractivity contribution is -0.161. The van der Waals surface area contributed by atoms with Gasteiger partial charge in [0.25, 0.3) is 0 Å². The van der Waals surface area contributed by atoms with Crippen molar-refractivity contribution in [3.8, 4) is 6.07 Å². The van der Waals surface area contributed by atoms with Crippen LogP contribution in [0, 0.1) is 34.5 Å². The van der Waals surface area contributed by atoms with Crippen molar-refractivity contribution in [3.05, 3.63) is 0 Å². The van der Waals surface area contributed by atoms with Gasteiger partial charge in [-0.05, 0) is 50.4 Å². The number of rotatable bonds is 4. The summed E-state index contributed by atoms with van der Waals surface area (Å²) < 4.78 is 6.04. The molecule has 0 aromatic carbocycles. The Hall–Kier alpha value is -1.04. The highest BCUT2D eigenvalue weighted by Gasteiger charge is 2.59. The van der Waals surface area contributed by atoms with E-state index in [1.54, 1.807) is 0 Å². The summed E-state index contributed by atoms with van der Waals surface area (Å²) in [6.45, 7) is 12.6. The summed E-state index contributed by atoms with van der Waals surface area (Å²) in [7, 11) is 0. The Bertz CT molecular complexity index is 439. The van der Waals surface area contributed by atoms with Crippen LogP contribution in [0.15, 0.2) is 0 Å². The molecule has 2 fully saturated rings. The van der Waals surface area contributed by atoms with Crippen molar-refractivity contribution in [2.24, 2.45) is 23.2 Å². The Morgan fingerprint density at radius 1 is 1.30 bits per heavy atom. The molecule has 1 spiro atoms. The zero-order valence-electron chi connectivity index (χ0n) is 15.9. The number of carbonyl (C=O) groups excluding carboxylic acids is 1. The Balaban J connectivity index is 0.00000127. The van der Waals surface area contributed by atoms with Gasteiger partial charge in [-0.3, -0.25) is 4.79 Å². The van der Waals surface area contributed by atoms with E-state index in [1.165, 1.54) is 6.42 Å². The molecule has 132 valence electrons. The molecule has 0 N–H and O–H groups in total. The highest BCUT2D eigenvalue weighted by atomic mass is 16.6. The number of carbonyl (C=O) groups is 1. The van der Waals surface area contributed by atoms with E-state index in [1.807, 2.05) is 13.8 Å². The number of hydrogen-bond acceptors (Lipinski definition) is 3. The van der Waals surface area contributed by atoms with Crippen molar-refractivity contribution in [2.75, 3.05) is 0 Å². The summed E-state index contributed by atoms with van der Waals surface area (Å²) in [5.41, 5.74) is -0.652. The third-order valence-corrected chi connectivity index (χ3v) is 6.18. The molecule has 1 aliphatic heterocycles. The number of nitrogens with zero attached hydrogens (tertiary/aromatic N) is 1. The summed E-state index contributed by atoms with van der Waals surface area (Å²) in [5, 5.41) is 8.89. The lowest BCUT2D eigenvalue weighted by Gasteiger charge is -2.41. The molecule has 0 aromatic heterocycles. The van der Waals surface area contributed by atoms with E-state index in [0.29, 0.717) is 24.2 Å². The van der Waals surface area contributed by atoms with E-state index < -0.39 is 0 Å². The lowest BCUT2D eigenvalue weighted by Crippen LogP contribution is -2.41. The van der Waals surface area contributed by atoms with Gasteiger partial charge < -0.3 is 4.74 Å². The summed E-state index contributed by atoms with van der Waals surface area (Å²) in [4.78, 5) is 12.6. The molecule has 1 aliphatic carbocycles. The summed E-state index contributed by atoms with van der Waals surface area (Å²) in [6, 6.07) is 2.25. The Morgan fingerprint density at radius 2 is 1.96 bits per heavy atom. The van der Waals surface area contributed by atoms with Crippen LogP contribution in [0.5, 0.6) is 0 Å². The van der Waals surface area contributed by atoms with Gasteiger partial charge >= 0.3 is 5.97 Å². The van der Waals surface area contributed by atoms with Crippen LogP contribution in [0.2, 0.25) is 0 Å². The van der Waals surface area contributed by atoms with Gasteiger partial charge in [-0.15, -0.1) is 0 Å². The maximum absolute atomic E-state index is 12.6. The minimum Gasteiger partial charge on any atom is -0.458 e. The summed E-state index contributed by atoms with van der Waals surface area (Å²) >= 11 is 0. The van der Waals surface area contributed by atoms with Crippen LogP contribution in [0.4, 0.5) is 0 Å². The summed E-state index contributed by atoms with van der Waals surface area (Å²) in [6.07, 6.45) is 6.70. The highest BCUT2D eigenvalue weighted by molar-refractivity contribution is 5.79. The SMILES string of the molecule is CC.CC(C)C(C)C1(C)CC2(CCCCC2CCC#N)OC1=O. The fraction of sp³-hybridized carbons (Fsp3) is 0.900. The van der Waals surface area contributed by atoms with Gasteiger partial charge in [0.1, 0.15) is 5.60 Å². The molecule has 4 unspecified atom stereocenters. The zero-order chi connectivity index (χ0) is 17.7. The number of ether oxygens (including phenoxy) is 1. The fourth-order valence-electron chi connectivity index (χ4n) is 4.41. The van der Waals surface area contributed by atoms with Crippen molar-refractivity contribution in [2.45, 2.75) is 92.1 Å². The first-order valence-electron chi connectivity index (χ1n) is 9.46. The van der Waals surface area contributed by atoms with Gasteiger partial charge in [0, 0.05) is 12.8 Å². The fourth-order valence-corrected chi connectivity index (χ4v) is 4.41. The standard InChI is InChI=1S/C18H29NO2.C2H6/c1-13(2)14(3)17(4)12-18(21-16(17)20)10-6-5-8-15(18)9-7-11-19;1-2/h13-15H,5-10,12H2,1-4H3;1-2H3. The average molecular weight is 322 g/mol. The normalized spacial score (nSPS) is 34.5. The second-order valence-electron chi connectivity index (χ2n) is 7.72. The van der Waals surface area contributed by atoms with Gasteiger partial charge in [0.05, 0.1) is 11.5 Å². The molecule has 0 bridgehead atoms. The first kappa shape index (κ1) is 20.0. The van der Waals surface area contributed by atoms with Crippen molar-refractivity contribution in [3.63, 3.8) is 0 Å². The van der Waals surface area contributed by atoms with Crippen LogP contribution in [-0.4, -0.2) is 11.6 Å². The molecular formula is C20H35NO2. The van der Waals surface area contributed by atoms with Crippen molar-refractivity contribution < 1.29 is 9.53 Å². The Labute approximate surface area is 142 Å². The van der Waals surface area contributed by atoms with Crippen LogP contribution >= 0.6 is 0 Å². The molecule has 23 heavy (non-hydrogen) atoms. The van der Waals surface area contributed by atoms with E-state index in [-0.39, 0.29) is 17.0 Å². The van der Waals surface area contributed by atoms with E-state index >= 15 is 0 Å². The number of nitriles is 1. The average Bonchev–Trinajstić information content (AvgIpc) is 2.80. The predicted molar refractivity (Wildman–Crippen MR) is 93.7 cm³/mol. The van der Waals surface area contributed by atoms with Crippen LogP contribution in [-0.2, 0) is 9.53 Å². The van der Waals surface area contributed by atoms with Crippen molar-refractivity contribution >= 4 is 5.97 Å². The number of hydrogen-bond donors (Lipinski definition) is 0. The van der Waals surface area contributed by atoms with Crippen LogP contribution in [0.25, 0.3) is 0 Å². The zero-order valence-corrected chi connectivity index (χ0v) is 15.9. The third-order valence-electron chi connectivity index (χ3n) is 6.18. The molecule has 3 nitrogen and oxygen atoms in total. The Kier molecular flexibility index (Phi) is 7.11.